The van der Waals surface area contributed by atoms with Crippen molar-refractivity contribution in [2.75, 3.05) is 0 Å². The summed E-state index contributed by atoms with van der Waals surface area (Å²) in [7, 11) is 0. The fraction of sp³-hybridized carbons (Fsp3) is 0.200. The van der Waals surface area contributed by atoms with Gasteiger partial charge in [-0.3, -0.25) is 0 Å². The zero-order valence-electron chi connectivity index (χ0n) is 4.80. The molecule has 9 heavy (non-hydrogen) atoms. The van der Waals surface area contributed by atoms with Gasteiger partial charge in [0.15, 0.2) is 4.60 Å². The number of aryl methyl sites for hydroxylation is 1. The maximum Gasteiger partial charge on any atom is 0.244 e. The molecular weight excluding hydrogens is 184 g/mol. The number of hydrogen-bond acceptors (Lipinski definition) is 3. The van der Waals surface area contributed by atoms with Gasteiger partial charge in [-0.25, -0.2) is 9.97 Å². The first-order chi connectivity index (χ1) is 4.20. The second-order valence-corrected chi connectivity index (χ2v) is 2.38. The van der Waals surface area contributed by atoms with Gasteiger partial charge < -0.3 is 5.11 Å². The minimum atomic E-state index is -0.0689. The fourth-order valence-corrected chi connectivity index (χ4v) is 0.824. The smallest absolute Gasteiger partial charge is 0.244 e. The van der Waals surface area contributed by atoms with Gasteiger partial charge in [-0.1, -0.05) is 0 Å². The molecule has 0 atom stereocenters. The lowest BCUT2D eigenvalue weighted by Gasteiger charge is -1.93. The van der Waals surface area contributed by atoms with E-state index in [1.165, 1.54) is 6.20 Å². The van der Waals surface area contributed by atoms with Crippen LogP contribution < -0.4 is 0 Å². The molecule has 0 bridgehead atoms. The first-order valence-corrected chi connectivity index (χ1v) is 3.17. The van der Waals surface area contributed by atoms with Gasteiger partial charge in [-0.05, 0) is 22.9 Å². The van der Waals surface area contributed by atoms with Crippen LogP contribution in [0.1, 0.15) is 5.69 Å². The fourth-order valence-electron chi connectivity index (χ4n) is 0.442. The third kappa shape index (κ3) is 1.38. The molecule has 0 aliphatic rings. The Morgan fingerprint density at radius 2 is 2.33 bits per heavy atom. The van der Waals surface area contributed by atoms with Crippen LogP contribution >= 0.6 is 15.9 Å². The van der Waals surface area contributed by atoms with E-state index >= 15 is 0 Å². The van der Waals surface area contributed by atoms with Crippen LogP contribution in [0.5, 0.6) is 5.88 Å². The molecule has 0 aromatic carbocycles. The summed E-state index contributed by atoms with van der Waals surface area (Å²) in [5.41, 5.74) is 0.777. The summed E-state index contributed by atoms with van der Waals surface area (Å²) in [6.45, 7) is 1.80. The highest BCUT2D eigenvalue weighted by Gasteiger charge is 1.97. The minimum absolute atomic E-state index is 0.0689. The monoisotopic (exact) mass is 188 g/mol. The Morgan fingerprint density at radius 1 is 1.67 bits per heavy atom. The predicted octanol–water partition coefficient (Wildman–Crippen LogP) is 1.25. The van der Waals surface area contributed by atoms with E-state index in [1.54, 1.807) is 6.92 Å². The first-order valence-electron chi connectivity index (χ1n) is 2.38. The van der Waals surface area contributed by atoms with Crippen LogP contribution in [0.3, 0.4) is 0 Å². The first kappa shape index (κ1) is 6.48. The lowest BCUT2D eigenvalue weighted by atomic mass is 10.5. The maximum atomic E-state index is 8.82. The molecule has 1 N–H and O–H groups in total. The van der Waals surface area contributed by atoms with E-state index < -0.39 is 0 Å². The lowest BCUT2D eigenvalue weighted by Crippen LogP contribution is -1.84. The molecule has 0 saturated carbocycles. The summed E-state index contributed by atoms with van der Waals surface area (Å²) in [5, 5.41) is 8.82. The summed E-state index contributed by atoms with van der Waals surface area (Å²) in [6.07, 6.45) is 1.50. The van der Waals surface area contributed by atoms with E-state index in [0.29, 0.717) is 4.60 Å². The van der Waals surface area contributed by atoms with Crippen molar-refractivity contribution in [3.8, 4) is 5.88 Å². The summed E-state index contributed by atoms with van der Waals surface area (Å²) in [5.74, 6) is -0.0689. The highest BCUT2D eigenvalue weighted by molar-refractivity contribution is 9.10. The lowest BCUT2D eigenvalue weighted by molar-refractivity contribution is 0.445. The van der Waals surface area contributed by atoms with Gasteiger partial charge in [0, 0.05) is 0 Å². The van der Waals surface area contributed by atoms with Crippen molar-refractivity contribution in [1.82, 2.24) is 9.97 Å². The topological polar surface area (TPSA) is 46.0 Å². The molecule has 0 saturated heterocycles. The predicted molar refractivity (Wildman–Crippen MR) is 36.1 cm³/mol. The summed E-state index contributed by atoms with van der Waals surface area (Å²) >= 11 is 3.02. The summed E-state index contributed by atoms with van der Waals surface area (Å²) in [4.78, 5) is 7.50. The molecule has 0 unspecified atom stereocenters. The molecule has 48 valence electrons. The highest BCUT2D eigenvalue weighted by Crippen LogP contribution is 2.16. The zero-order chi connectivity index (χ0) is 6.85. The molecule has 0 aliphatic carbocycles. The average molecular weight is 189 g/mol. The molecule has 1 aromatic heterocycles. The van der Waals surface area contributed by atoms with Gasteiger partial charge >= 0.3 is 0 Å². The van der Waals surface area contributed by atoms with E-state index in [4.69, 9.17) is 5.11 Å². The SMILES string of the molecule is Cc1cnc(O)c(Br)n1. The molecule has 0 fully saturated rings. The van der Waals surface area contributed by atoms with E-state index in [9.17, 15) is 0 Å². The molecule has 1 heterocycles. The third-order valence-electron chi connectivity index (χ3n) is 0.833. The van der Waals surface area contributed by atoms with Gasteiger partial charge in [0.1, 0.15) is 0 Å². The van der Waals surface area contributed by atoms with Crippen molar-refractivity contribution in [3.63, 3.8) is 0 Å². The standard InChI is InChI=1S/C5H5BrN2O/c1-3-2-7-5(9)4(6)8-3/h2H,1H3,(H,7,9). The number of halogens is 1. The van der Waals surface area contributed by atoms with Crippen LogP contribution in [-0.4, -0.2) is 15.1 Å². The van der Waals surface area contributed by atoms with Crippen molar-refractivity contribution in [2.24, 2.45) is 0 Å². The Bertz CT molecular complexity index is 226. The van der Waals surface area contributed by atoms with Crippen LogP contribution in [0.15, 0.2) is 10.8 Å². The number of aromatic nitrogens is 2. The van der Waals surface area contributed by atoms with Crippen molar-refractivity contribution < 1.29 is 5.11 Å². The second-order valence-electron chi connectivity index (χ2n) is 1.63. The second kappa shape index (κ2) is 2.31. The van der Waals surface area contributed by atoms with Crippen molar-refractivity contribution >= 4 is 15.9 Å². The van der Waals surface area contributed by atoms with E-state index in [2.05, 4.69) is 25.9 Å². The Hall–Kier alpha value is -0.640. The van der Waals surface area contributed by atoms with Crippen LogP contribution in [0.4, 0.5) is 0 Å². The van der Waals surface area contributed by atoms with Gasteiger partial charge in [0.25, 0.3) is 0 Å². The quantitative estimate of drug-likeness (QED) is 0.667. The number of nitrogens with zero attached hydrogens (tertiary/aromatic N) is 2. The van der Waals surface area contributed by atoms with Gasteiger partial charge in [-0.2, -0.15) is 0 Å². The normalized spacial score (nSPS) is 9.56. The van der Waals surface area contributed by atoms with E-state index in [0.717, 1.165) is 5.69 Å². The zero-order valence-corrected chi connectivity index (χ0v) is 6.38. The van der Waals surface area contributed by atoms with Crippen molar-refractivity contribution in [2.45, 2.75) is 6.92 Å². The molecular formula is C5H5BrN2O. The van der Waals surface area contributed by atoms with Crippen LogP contribution in [-0.2, 0) is 0 Å². The molecule has 1 rings (SSSR count). The molecule has 1 aromatic rings. The van der Waals surface area contributed by atoms with Crippen LogP contribution in [0, 0.1) is 6.92 Å². The Morgan fingerprint density at radius 3 is 2.78 bits per heavy atom. The summed E-state index contributed by atoms with van der Waals surface area (Å²) in [6, 6.07) is 0. The van der Waals surface area contributed by atoms with Gasteiger partial charge in [0.05, 0.1) is 11.9 Å². The molecule has 0 aliphatic heterocycles. The number of aromatic hydroxyl groups is 1. The minimum Gasteiger partial charge on any atom is -0.491 e. The third-order valence-corrected chi connectivity index (χ3v) is 1.36. The van der Waals surface area contributed by atoms with Crippen LogP contribution in [0.2, 0.25) is 0 Å². The average Bonchev–Trinajstić information content (AvgIpc) is 1.80. The molecule has 0 amide bonds. The van der Waals surface area contributed by atoms with Gasteiger partial charge in [0.2, 0.25) is 5.88 Å². The van der Waals surface area contributed by atoms with E-state index in [-0.39, 0.29) is 5.88 Å². The van der Waals surface area contributed by atoms with Gasteiger partial charge in [-0.15, -0.1) is 0 Å². The molecule has 0 radical (unpaired) electrons. The molecule has 3 nitrogen and oxygen atoms in total. The molecule has 0 spiro atoms. The Balaban J connectivity index is 3.17. The van der Waals surface area contributed by atoms with Crippen LogP contribution in [0.25, 0.3) is 0 Å². The van der Waals surface area contributed by atoms with Crippen molar-refractivity contribution in [1.29, 1.82) is 0 Å². The van der Waals surface area contributed by atoms with E-state index in [1.807, 2.05) is 0 Å². The Labute approximate surface area is 60.9 Å². The molecule has 4 heteroatoms. The Kier molecular flexibility index (Phi) is 1.66. The highest BCUT2D eigenvalue weighted by atomic mass is 79.9. The summed E-state index contributed by atoms with van der Waals surface area (Å²) < 4.78 is 0.391. The number of rotatable bonds is 0. The largest absolute Gasteiger partial charge is 0.491 e. The van der Waals surface area contributed by atoms with Crippen molar-refractivity contribution in [3.05, 3.63) is 16.5 Å². The number of hydrogen-bond donors (Lipinski definition) is 1. The maximum absolute atomic E-state index is 8.82.